The smallest absolute Gasteiger partial charge is 0.272 e. The number of aromatic nitrogens is 1. The summed E-state index contributed by atoms with van der Waals surface area (Å²) in [5.41, 5.74) is -0.242. The maximum Gasteiger partial charge on any atom is 0.272 e. The lowest BCUT2D eigenvalue weighted by molar-refractivity contribution is -0.385. The van der Waals surface area contributed by atoms with E-state index in [4.69, 9.17) is 4.42 Å². The van der Waals surface area contributed by atoms with E-state index in [2.05, 4.69) is 10.3 Å². The summed E-state index contributed by atoms with van der Waals surface area (Å²) in [5.74, 6) is -0.0403. The van der Waals surface area contributed by atoms with E-state index < -0.39 is 10.7 Å². The summed E-state index contributed by atoms with van der Waals surface area (Å²) in [6.45, 7) is 6.44. The van der Waals surface area contributed by atoms with Crippen molar-refractivity contribution >= 4 is 5.69 Å². The van der Waals surface area contributed by atoms with Crippen molar-refractivity contribution in [2.75, 3.05) is 0 Å². The second-order valence-corrected chi connectivity index (χ2v) is 5.64. The quantitative estimate of drug-likeness (QED) is 0.691. The Labute approximate surface area is 121 Å². The van der Waals surface area contributed by atoms with Gasteiger partial charge in [0.15, 0.2) is 5.76 Å². The predicted molar refractivity (Wildman–Crippen MR) is 75.1 cm³/mol. The molecule has 112 valence electrons. The molecular weight excluding hydrogens is 277 g/mol. The van der Waals surface area contributed by atoms with Crippen LogP contribution in [0.25, 0.3) is 11.3 Å². The summed E-state index contributed by atoms with van der Waals surface area (Å²) >= 11 is 0. The van der Waals surface area contributed by atoms with E-state index in [-0.39, 0.29) is 22.6 Å². The number of nitro benzene ring substituents is 1. The van der Waals surface area contributed by atoms with Crippen molar-refractivity contribution in [3.8, 4) is 11.3 Å². The van der Waals surface area contributed by atoms with Gasteiger partial charge in [-0.25, -0.2) is 9.37 Å². The number of hydrogen-bond donors (Lipinski definition) is 1. The zero-order chi connectivity index (χ0) is 15.6. The molecular formula is C14H16FN3O3. The van der Waals surface area contributed by atoms with Crippen molar-refractivity contribution in [3.05, 3.63) is 46.2 Å². The van der Waals surface area contributed by atoms with Crippen LogP contribution in [0.4, 0.5) is 10.1 Å². The summed E-state index contributed by atoms with van der Waals surface area (Å²) < 4.78 is 19.3. The SMILES string of the molecule is CC(C)(C)NCc1ncc(-c2ccc([N+](=O)[O-])cc2F)o1. The monoisotopic (exact) mass is 293 g/mol. The third-order valence-corrected chi connectivity index (χ3v) is 2.75. The Morgan fingerprint density at radius 3 is 2.71 bits per heavy atom. The summed E-state index contributed by atoms with van der Waals surface area (Å²) in [4.78, 5) is 14.0. The minimum atomic E-state index is -0.712. The van der Waals surface area contributed by atoms with Gasteiger partial charge in [-0.3, -0.25) is 10.1 Å². The van der Waals surface area contributed by atoms with Crippen LogP contribution in [0.3, 0.4) is 0 Å². The maximum absolute atomic E-state index is 13.9. The molecule has 0 aliphatic carbocycles. The summed E-state index contributed by atoms with van der Waals surface area (Å²) in [6, 6.07) is 3.41. The number of non-ortho nitro benzene ring substituents is 1. The first-order valence-corrected chi connectivity index (χ1v) is 6.40. The van der Waals surface area contributed by atoms with Crippen LogP contribution < -0.4 is 5.32 Å². The van der Waals surface area contributed by atoms with Gasteiger partial charge < -0.3 is 9.73 Å². The van der Waals surface area contributed by atoms with Gasteiger partial charge in [0.25, 0.3) is 5.69 Å². The molecule has 1 aromatic heterocycles. The third kappa shape index (κ3) is 3.85. The fraction of sp³-hybridized carbons (Fsp3) is 0.357. The largest absolute Gasteiger partial charge is 0.439 e. The molecule has 0 amide bonds. The molecule has 1 heterocycles. The second kappa shape index (κ2) is 5.61. The summed E-state index contributed by atoms with van der Waals surface area (Å²) in [7, 11) is 0. The average Bonchev–Trinajstić information content (AvgIpc) is 2.84. The molecule has 1 N–H and O–H groups in total. The van der Waals surface area contributed by atoms with Crippen LogP contribution in [0.5, 0.6) is 0 Å². The van der Waals surface area contributed by atoms with Gasteiger partial charge in [0, 0.05) is 11.6 Å². The van der Waals surface area contributed by atoms with Crippen molar-refractivity contribution < 1.29 is 13.7 Å². The molecule has 2 aromatic rings. The van der Waals surface area contributed by atoms with Gasteiger partial charge in [-0.1, -0.05) is 0 Å². The van der Waals surface area contributed by atoms with Crippen molar-refractivity contribution in [1.82, 2.24) is 10.3 Å². The van der Waals surface area contributed by atoms with Gasteiger partial charge in [-0.2, -0.15) is 0 Å². The second-order valence-electron chi connectivity index (χ2n) is 5.64. The normalized spacial score (nSPS) is 11.6. The molecule has 0 fully saturated rings. The zero-order valence-corrected chi connectivity index (χ0v) is 12.0. The molecule has 6 nitrogen and oxygen atoms in total. The molecule has 0 aliphatic rings. The van der Waals surface area contributed by atoms with E-state index in [1.54, 1.807) is 0 Å². The Bertz CT molecular complexity index is 662. The molecule has 0 unspecified atom stereocenters. The van der Waals surface area contributed by atoms with Crippen molar-refractivity contribution in [3.63, 3.8) is 0 Å². The fourth-order valence-corrected chi connectivity index (χ4v) is 1.67. The minimum absolute atomic E-state index is 0.0900. The lowest BCUT2D eigenvalue weighted by Gasteiger charge is -2.18. The predicted octanol–water partition coefficient (Wildman–Crippen LogP) is 3.28. The Morgan fingerprint density at radius 1 is 1.43 bits per heavy atom. The van der Waals surface area contributed by atoms with E-state index in [0.717, 1.165) is 6.07 Å². The molecule has 21 heavy (non-hydrogen) atoms. The molecule has 2 rings (SSSR count). The van der Waals surface area contributed by atoms with E-state index >= 15 is 0 Å². The van der Waals surface area contributed by atoms with Crippen molar-refractivity contribution in [1.29, 1.82) is 0 Å². The topological polar surface area (TPSA) is 81.2 Å². The number of oxazole rings is 1. The molecule has 0 saturated carbocycles. The molecule has 0 atom stereocenters. The number of nitrogens with one attached hydrogen (secondary N) is 1. The highest BCUT2D eigenvalue weighted by Crippen LogP contribution is 2.26. The Balaban J connectivity index is 2.20. The number of halogens is 1. The number of rotatable bonds is 4. The average molecular weight is 293 g/mol. The van der Waals surface area contributed by atoms with Crippen molar-refractivity contribution in [2.45, 2.75) is 32.9 Å². The van der Waals surface area contributed by atoms with E-state index in [1.165, 1.54) is 18.3 Å². The summed E-state index contributed by atoms with van der Waals surface area (Å²) in [6.07, 6.45) is 1.41. The molecule has 1 aromatic carbocycles. The molecule has 0 bridgehead atoms. The highest BCUT2D eigenvalue weighted by Gasteiger charge is 2.16. The number of hydrogen-bond acceptors (Lipinski definition) is 5. The van der Waals surface area contributed by atoms with Crippen LogP contribution in [0.1, 0.15) is 26.7 Å². The van der Waals surface area contributed by atoms with Gasteiger partial charge in [0.1, 0.15) is 5.82 Å². The number of nitro groups is 1. The van der Waals surface area contributed by atoms with Gasteiger partial charge in [0.2, 0.25) is 5.89 Å². The zero-order valence-electron chi connectivity index (χ0n) is 12.0. The van der Waals surface area contributed by atoms with Crippen LogP contribution in [-0.2, 0) is 6.54 Å². The first kappa shape index (κ1) is 15.1. The number of nitrogens with zero attached hydrogens (tertiary/aromatic N) is 2. The lowest BCUT2D eigenvalue weighted by atomic mass is 10.1. The third-order valence-electron chi connectivity index (χ3n) is 2.75. The fourth-order valence-electron chi connectivity index (χ4n) is 1.67. The molecule has 0 aliphatic heterocycles. The minimum Gasteiger partial charge on any atom is -0.439 e. The van der Waals surface area contributed by atoms with Gasteiger partial charge in [-0.05, 0) is 26.8 Å². The molecule has 7 heteroatoms. The first-order valence-electron chi connectivity index (χ1n) is 6.40. The van der Waals surface area contributed by atoms with E-state index in [0.29, 0.717) is 12.4 Å². The van der Waals surface area contributed by atoms with Gasteiger partial charge in [0.05, 0.1) is 29.3 Å². The van der Waals surface area contributed by atoms with Crippen LogP contribution >= 0.6 is 0 Å². The maximum atomic E-state index is 13.9. The Morgan fingerprint density at radius 2 is 2.14 bits per heavy atom. The van der Waals surface area contributed by atoms with E-state index in [1.807, 2.05) is 20.8 Å². The van der Waals surface area contributed by atoms with Crippen LogP contribution in [-0.4, -0.2) is 15.4 Å². The van der Waals surface area contributed by atoms with E-state index in [9.17, 15) is 14.5 Å². The van der Waals surface area contributed by atoms with Gasteiger partial charge >= 0.3 is 0 Å². The molecule has 0 radical (unpaired) electrons. The lowest BCUT2D eigenvalue weighted by Crippen LogP contribution is -2.35. The highest BCUT2D eigenvalue weighted by molar-refractivity contribution is 5.59. The highest BCUT2D eigenvalue weighted by atomic mass is 19.1. The Kier molecular flexibility index (Phi) is 4.04. The Hall–Kier alpha value is -2.28. The molecule has 0 saturated heterocycles. The van der Waals surface area contributed by atoms with Crippen LogP contribution in [0.15, 0.2) is 28.8 Å². The van der Waals surface area contributed by atoms with Gasteiger partial charge in [-0.15, -0.1) is 0 Å². The standard InChI is InChI=1S/C14H16FN3O3/c1-14(2,3)17-8-13-16-7-12(21-13)10-5-4-9(18(19)20)6-11(10)15/h4-7,17H,8H2,1-3H3. The molecule has 0 spiro atoms. The number of benzene rings is 1. The first-order chi connectivity index (χ1) is 9.76. The van der Waals surface area contributed by atoms with Crippen LogP contribution in [0.2, 0.25) is 0 Å². The van der Waals surface area contributed by atoms with Crippen LogP contribution in [0, 0.1) is 15.9 Å². The van der Waals surface area contributed by atoms with Crippen molar-refractivity contribution in [2.24, 2.45) is 0 Å². The summed E-state index contributed by atoms with van der Waals surface area (Å²) in [5, 5.41) is 13.8.